The van der Waals surface area contributed by atoms with Crippen molar-refractivity contribution in [2.45, 2.75) is 187 Å². The van der Waals surface area contributed by atoms with Gasteiger partial charge in [-0.1, -0.05) is 66.5 Å². The Hall–Kier alpha value is -2.82. The van der Waals surface area contributed by atoms with E-state index in [4.69, 9.17) is 14.2 Å². The first-order valence-electron chi connectivity index (χ1n) is 22.4. The fourth-order valence-corrected chi connectivity index (χ4v) is 14.0. The monoisotopic (exact) mass is 734 g/mol. The van der Waals surface area contributed by atoms with E-state index in [2.05, 4.69) is 65.8 Å². The van der Waals surface area contributed by atoms with Crippen molar-refractivity contribution in [1.29, 1.82) is 0 Å². The van der Waals surface area contributed by atoms with E-state index in [-0.39, 0.29) is 40.4 Å². The lowest BCUT2D eigenvalue weighted by Gasteiger charge is -2.51. The molecule has 0 N–H and O–H groups in total. The van der Waals surface area contributed by atoms with Gasteiger partial charge in [-0.05, 0) is 160 Å². The number of carbonyl (C=O) groups excluding carboxylic acids is 2. The van der Waals surface area contributed by atoms with E-state index in [1.165, 1.54) is 60.8 Å². The Morgan fingerprint density at radius 1 is 0.630 bits per heavy atom. The summed E-state index contributed by atoms with van der Waals surface area (Å²) >= 11 is 0. The zero-order chi connectivity index (χ0) is 37.6. The molecule has 1 heterocycles. The number of rotatable bonds is 8. The second kappa shape index (κ2) is 13.7. The zero-order valence-electron chi connectivity index (χ0n) is 34.2. The van der Waals surface area contributed by atoms with Gasteiger partial charge in [0.2, 0.25) is 0 Å². The summed E-state index contributed by atoms with van der Waals surface area (Å²) in [6, 6.07) is 10.0. The first-order chi connectivity index (χ1) is 26.0. The van der Waals surface area contributed by atoms with Gasteiger partial charge < -0.3 is 14.2 Å². The Kier molecular flexibility index (Phi) is 9.32. The van der Waals surface area contributed by atoms with Gasteiger partial charge in [-0.3, -0.25) is 9.59 Å². The molecule has 0 saturated heterocycles. The third-order valence-corrected chi connectivity index (χ3v) is 17.1. The van der Waals surface area contributed by atoms with Crippen molar-refractivity contribution in [2.24, 2.45) is 34.5 Å². The average molecular weight is 735 g/mol. The van der Waals surface area contributed by atoms with Gasteiger partial charge in [-0.15, -0.1) is 0 Å². The van der Waals surface area contributed by atoms with Gasteiger partial charge in [0.15, 0.2) is 0 Å². The number of unbranched alkanes of at least 4 members (excludes halogenated alkanes) is 2. The van der Waals surface area contributed by atoms with Crippen molar-refractivity contribution in [1.82, 2.24) is 0 Å². The Morgan fingerprint density at radius 2 is 1.07 bits per heavy atom. The van der Waals surface area contributed by atoms with Crippen molar-refractivity contribution in [2.75, 3.05) is 0 Å². The molecule has 5 nitrogen and oxygen atoms in total. The van der Waals surface area contributed by atoms with E-state index in [1.54, 1.807) is 11.1 Å². The summed E-state index contributed by atoms with van der Waals surface area (Å²) in [6.07, 6.45) is 18.9. The van der Waals surface area contributed by atoms with Gasteiger partial charge in [-0.2, -0.15) is 0 Å². The molecule has 4 fully saturated rings. The number of benzene rings is 2. The Bertz CT molecular complexity index is 1680. The molecule has 0 bridgehead atoms. The van der Waals surface area contributed by atoms with Crippen molar-refractivity contribution in [3.05, 3.63) is 57.6 Å². The SMILES string of the molecule is CCCCC(=O)O[C@H]1CC[C@H]2[C@@H]3CCc4cc5c(cc4[C@H]3CC[C@]12C)C(C)(C)c1cc2c(cc1O5)CC[C@@H]1[C@@H]2CC[C@]2(C)[C@@H](OC(=O)CCCC)CC[C@@H]12. The van der Waals surface area contributed by atoms with E-state index in [1.807, 2.05) is 0 Å². The number of aryl methyl sites for hydroxylation is 2. The summed E-state index contributed by atoms with van der Waals surface area (Å²) in [5.74, 6) is 5.87. The zero-order valence-corrected chi connectivity index (χ0v) is 34.2. The van der Waals surface area contributed by atoms with Crippen LogP contribution in [-0.2, 0) is 37.3 Å². The van der Waals surface area contributed by atoms with Gasteiger partial charge in [0.25, 0.3) is 0 Å². The molecule has 0 amide bonds. The van der Waals surface area contributed by atoms with Gasteiger partial charge in [0.05, 0.1) is 0 Å². The smallest absolute Gasteiger partial charge is 0.306 e. The molecule has 0 aromatic heterocycles. The summed E-state index contributed by atoms with van der Waals surface area (Å²) < 4.78 is 19.4. The molecule has 4 saturated carbocycles. The van der Waals surface area contributed by atoms with E-state index in [9.17, 15) is 9.59 Å². The van der Waals surface area contributed by atoms with Crippen LogP contribution in [0.25, 0.3) is 0 Å². The Labute approximate surface area is 325 Å². The molecule has 5 heteroatoms. The first-order valence-corrected chi connectivity index (χ1v) is 22.4. The second-order valence-corrected chi connectivity index (χ2v) is 20.1. The first kappa shape index (κ1) is 36.8. The second-order valence-electron chi connectivity index (χ2n) is 20.1. The van der Waals surface area contributed by atoms with Crippen LogP contribution >= 0.6 is 0 Å². The van der Waals surface area contributed by atoms with Crippen molar-refractivity contribution in [3.63, 3.8) is 0 Å². The van der Waals surface area contributed by atoms with E-state index in [0.717, 1.165) is 75.7 Å². The van der Waals surface area contributed by atoms with Crippen LogP contribution in [0.15, 0.2) is 24.3 Å². The molecule has 9 rings (SSSR count). The summed E-state index contributed by atoms with van der Waals surface area (Å²) in [4.78, 5) is 25.5. The van der Waals surface area contributed by atoms with Crippen LogP contribution in [-0.4, -0.2) is 24.1 Å². The lowest BCUT2D eigenvalue weighted by Crippen LogP contribution is -2.45. The van der Waals surface area contributed by atoms with Crippen LogP contribution < -0.4 is 4.74 Å². The molecule has 1 aliphatic heterocycles. The van der Waals surface area contributed by atoms with E-state index in [0.29, 0.717) is 48.3 Å². The quantitative estimate of drug-likeness (QED) is 0.253. The molecule has 54 heavy (non-hydrogen) atoms. The van der Waals surface area contributed by atoms with Crippen LogP contribution in [0.1, 0.15) is 189 Å². The molecule has 292 valence electrons. The maximum Gasteiger partial charge on any atom is 0.306 e. The van der Waals surface area contributed by atoms with E-state index >= 15 is 0 Å². The fraction of sp³-hybridized carbons (Fsp3) is 0.714. The predicted molar refractivity (Wildman–Crippen MR) is 213 cm³/mol. The number of ether oxygens (including phenoxy) is 3. The molecule has 2 aromatic carbocycles. The van der Waals surface area contributed by atoms with Crippen LogP contribution in [0.3, 0.4) is 0 Å². The fourth-order valence-electron chi connectivity index (χ4n) is 14.0. The lowest BCUT2D eigenvalue weighted by atomic mass is 9.54. The lowest BCUT2D eigenvalue weighted by molar-refractivity contribution is -0.158. The minimum Gasteiger partial charge on any atom is -0.462 e. The van der Waals surface area contributed by atoms with Crippen molar-refractivity contribution < 1.29 is 23.8 Å². The minimum atomic E-state index is -0.157. The van der Waals surface area contributed by atoms with Crippen molar-refractivity contribution >= 4 is 11.9 Å². The van der Waals surface area contributed by atoms with Gasteiger partial charge in [0, 0.05) is 40.2 Å². The number of hydrogen-bond donors (Lipinski definition) is 0. The Morgan fingerprint density at radius 3 is 1.50 bits per heavy atom. The normalized spacial score (nSPS) is 36.5. The largest absolute Gasteiger partial charge is 0.462 e. The standard InChI is InChI=1S/C49H66O5/c1-7-9-11-45(50)53-43-19-17-37-33-15-13-29-25-41-39(27-35(29)31(33)21-23-48(37,43)5)47(3,4)40-28-36-30(26-42(40)52-41)14-16-34-32(36)22-24-49(6)38(34)18-20-44(49)54-46(51)12-10-8-2/h25-28,31-34,37-38,43-44H,7-24H2,1-6H3/t31-,32-,33+,34+,37-,38-,43-,44-,48-,49-/m0/s1. The number of hydrogen-bond acceptors (Lipinski definition) is 5. The molecular formula is C49H66O5. The molecule has 6 aliphatic carbocycles. The third-order valence-electron chi connectivity index (χ3n) is 17.1. The third kappa shape index (κ3) is 5.73. The van der Waals surface area contributed by atoms with Gasteiger partial charge in [0.1, 0.15) is 23.7 Å². The van der Waals surface area contributed by atoms with Crippen molar-refractivity contribution in [3.8, 4) is 11.5 Å². The number of fused-ring (bicyclic) bond motifs is 12. The number of carbonyl (C=O) groups is 2. The van der Waals surface area contributed by atoms with Gasteiger partial charge >= 0.3 is 11.9 Å². The molecule has 0 spiro atoms. The highest BCUT2D eigenvalue weighted by Gasteiger charge is 2.58. The Balaban J connectivity index is 0.962. The highest BCUT2D eigenvalue weighted by molar-refractivity contribution is 5.70. The molecular weight excluding hydrogens is 669 g/mol. The molecule has 7 aliphatic rings. The van der Waals surface area contributed by atoms with Gasteiger partial charge in [-0.25, -0.2) is 0 Å². The van der Waals surface area contributed by atoms with E-state index < -0.39 is 0 Å². The molecule has 2 aromatic rings. The summed E-state index contributed by atoms with van der Waals surface area (Å²) in [5, 5.41) is 0. The summed E-state index contributed by atoms with van der Waals surface area (Å²) in [7, 11) is 0. The number of esters is 2. The summed E-state index contributed by atoms with van der Waals surface area (Å²) in [6.45, 7) is 14.0. The predicted octanol–water partition coefficient (Wildman–Crippen LogP) is 12.0. The summed E-state index contributed by atoms with van der Waals surface area (Å²) in [5.41, 5.74) is 8.89. The maximum absolute atomic E-state index is 12.7. The molecule has 0 radical (unpaired) electrons. The topological polar surface area (TPSA) is 61.8 Å². The van der Waals surface area contributed by atoms with Crippen LogP contribution in [0.2, 0.25) is 0 Å². The highest BCUT2D eigenvalue weighted by Crippen LogP contribution is 2.64. The average Bonchev–Trinajstić information content (AvgIpc) is 3.67. The van der Waals surface area contributed by atoms with Crippen LogP contribution in [0.5, 0.6) is 11.5 Å². The molecule has 0 unspecified atom stereocenters. The van der Waals surface area contributed by atoms with Crippen LogP contribution in [0.4, 0.5) is 0 Å². The van der Waals surface area contributed by atoms with Crippen LogP contribution in [0, 0.1) is 34.5 Å². The molecule has 10 atom stereocenters. The maximum atomic E-state index is 12.7. The highest BCUT2D eigenvalue weighted by atomic mass is 16.5. The minimum absolute atomic E-state index is 0.0142.